The molecule has 1 atom stereocenters. The van der Waals surface area contributed by atoms with Crippen LogP contribution in [0.3, 0.4) is 0 Å². The Morgan fingerprint density at radius 3 is 2.76 bits per heavy atom. The van der Waals surface area contributed by atoms with Crippen molar-refractivity contribution >= 4 is 27.5 Å². The van der Waals surface area contributed by atoms with Crippen LogP contribution in [0.15, 0.2) is 48.7 Å². The van der Waals surface area contributed by atoms with Gasteiger partial charge in [0.25, 0.3) is 5.91 Å². The molecular weight excluding hydrogens is 478 g/mol. The maximum Gasteiger partial charge on any atom is 0.264 e. The van der Waals surface area contributed by atoms with E-state index in [9.17, 15) is 13.2 Å². The Hall–Kier alpha value is -2.88. The van der Waals surface area contributed by atoms with E-state index < -0.39 is 15.9 Å². The van der Waals surface area contributed by atoms with Crippen LogP contribution in [0, 0.1) is 0 Å². The van der Waals surface area contributed by atoms with Gasteiger partial charge < -0.3 is 9.47 Å². The van der Waals surface area contributed by atoms with Gasteiger partial charge >= 0.3 is 0 Å². The van der Waals surface area contributed by atoms with E-state index in [1.807, 2.05) is 23.8 Å². The van der Waals surface area contributed by atoms with Crippen molar-refractivity contribution in [2.45, 2.75) is 38.8 Å². The molecule has 180 valence electrons. The molecule has 4 rings (SSSR count). The van der Waals surface area contributed by atoms with Crippen LogP contribution >= 0.6 is 11.6 Å². The number of carbonyl (C=O) groups is 1. The Balaban J connectivity index is 1.78. The molecule has 1 aliphatic heterocycles. The summed E-state index contributed by atoms with van der Waals surface area (Å²) < 4.78 is 39.1. The second-order valence-corrected chi connectivity index (χ2v) is 10.3. The lowest BCUT2D eigenvalue weighted by molar-refractivity contribution is -0.0383. The summed E-state index contributed by atoms with van der Waals surface area (Å²) in [7, 11) is -3.71. The second-order valence-electron chi connectivity index (χ2n) is 8.11. The lowest BCUT2D eigenvalue weighted by Crippen LogP contribution is -2.29. The van der Waals surface area contributed by atoms with Gasteiger partial charge in [-0.2, -0.15) is 5.10 Å². The van der Waals surface area contributed by atoms with Crippen LogP contribution in [0.2, 0.25) is 5.02 Å². The molecule has 0 radical (unpaired) electrons. The van der Waals surface area contributed by atoms with Crippen LogP contribution in [0.1, 0.15) is 48.3 Å². The number of hydrogen-bond acceptors (Lipinski definition) is 6. The van der Waals surface area contributed by atoms with Crippen molar-refractivity contribution in [2.24, 2.45) is 0 Å². The number of carbonyl (C=O) groups excluding carboxylic acids is 1. The lowest BCUT2D eigenvalue weighted by atomic mass is 10.1. The van der Waals surface area contributed by atoms with Gasteiger partial charge in [-0.05, 0) is 73.7 Å². The van der Waals surface area contributed by atoms with Crippen LogP contribution in [-0.2, 0) is 21.2 Å². The summed E-state index contributed by atoms with van der Waals surface area (Å²) in [6.45, 7) is 2.66. The van der Waals surface area contributed by atoms with Gasteiger partial charge in [0.2, 0.25) is 10.0 Å². The quantitative estimate of drug-likeness (QED) is 0.490. The summed E-state index contributed by atoms with van der Waals surface area (Å²) in [4.78, 5) is 12.6. The number of ether oxygens (including phenoxy) is 2. The number of hydrogen-bond donors (Lipinski definition) is 1. The Labute approximate surface area is 203 Å². The van der Waals surface area contributed by atoms with Crippen molar-refractivity contribution in [3.8, 4) is 22.8 Å². The molecule has 10 heteroatoms. The number of amides is 1. The second kappa shape index (κ2) is 10.2. The number of aryl methyl sites for hydroxylation is 1. The summed E-state index contributed by atoms with van der Waals surface area (Å²) in [5.74, 6) is 0.351. The molecule has 1 amide bonds. The minimum atomic E-state index is -3.71. The first-order chi connectivity index (χ1) is 16.2. The van der Waals surface area contributed by atoms with Gasteiger partial charge in [0.05, 0.1) is 11.9 Å². The van der Waals surface area contributed by atoms with E-state index in [1.54, 1.807) is 35.1 Å². The highest BCUT2D eigenvalue weighted by Gasteiger charge is 2.23. The molecule has 3 aromatic rings. The first-order valence-corrected chi connectivity index (χ1v) is 13.3. The molecule has 1 fully saturated rings. The zero-order chi connectivity index (χ0) is 24.3. The average molecular weight is 504 g/mol. The summed E-state index contributed by atoms with van der Waals surface area (Å²) >= 11 is 6.25. The number of nitrogens with one attached hydrogen (secondary N) is 1. The Kier molecular flexibility index (Phi) is 7.25. The fourth-order valence-corrected chi connectivity index (χ4v) is 4.58. The average Bonchev–Trinajstić information content (AvgIpc) is 3.30. The molecule has 1 N–H and O–H groups in total. The first-order valence-electron chi connectivity index (χ1n) is 11.0. The molecule has 2 aromatic carbocycles. The zero-order valence-corrected chi connectivity index (χ0v) is 20.5. The van der Waals surface area contributed by atoms with Crippen molar-refractivity contribution < 1.29 is 22.7 Å². The van der Waals surface area contributed by atoms with E-state index in [0.29, 0.717) is 34.4 Å². The van der Waals surface area contributed by atoms with Crippen molar-refractivity contribution in [2.75, 3.05) is 12.9 Å². The Bertz CT molecular complexity index is 1300. The highest BCUT2D eigenvalue weighted by atomic mass is 35.5. The van der Waals surface area contributed by atoms with E-state index in [-0.39, 0.29) is 11.8 Å². The summed E-state index contributed by atoms with van der Waals surface area (Å²) in [6.07, 6.45) is 5.95. The van der Waals surface area contributed by atoms with E-state index in [0.717, 1.165) is 37.5 Å². The molecule has 1 aliphatic rings. The van der Waals surface area contributed by atoms with Crippen LogP contribution in [0.25, 0.3) is 11.3 Å². The van der Waals surface area contributed by atoms with E-state index >= 15 is 0 Å². The molecule has 0 saturated carbocycles. The van der Waals surface area contributed by atoms with Crippen LogP contribution in [-0.4, -0.2) is 37.0 Å². The number of aromatic nitrogens is 2. The molecule has 8 nitrogen and oxygen atoms in total. The third kappa shape index (κ3) is 5.60. The molecular formula is C24H26ClN3O5S. The Morgan fingerprint density at radius 2 is 2.06 bits per heavy atom. The first kappa shape index (κ1) is 24.3. The Morgan fingerprint density at radius 1 is 1.24 bits per heavy atom. The van der Waals surface area contributed by atoms with Crippen molar-refractivity contribution in [1.29, 1.82) is 0 Å². The van der Waals surface area contributed by atoms with Crippen LogP contribution in [0.4, 0.5) is 0 Å². The number of halogens is 1. The van der Waals surface area contributed by atoms with Gasteiger partial charge in [-0.1, -0.05) is 18.5 Å². The van der Waals surface area contributed by atoms with Gasteiger partial charge in [0.15, 0.2) is 6.23 Å². The summed E-state index contributed by atoms with van der Waals surface area (Å²) in [5, 5.41) is 5.12. The maximum atomic E-state index is 12.6. The fraction of sp³-hybridized carbons (Fsp3) is 0.333. The number of sulfonamides is 1. The van der Waals surface area contributed by atoms with E-state index in [4.69, 9.17) is 21.1 Å². The van der Waals surface area contributed by atoms with Gasteiger partial charge in [-0.3, -0.25) is 4.79 Å². The largest absolute Gasteiger partial charge is 0.457 e. The van der Waals surface area contributed by atoms with Crippen molar-refractivity contribution in [3.05, 3.63) is 64.8 Å². The maximum absolute atomic E-state index is 12.6. The van der Waals surface area contributed by atoms with E-state index in [1.165, 1.54) is 6.07 Å². The number of nitrogens with zero attached hydrogens (tertiary/aromatic N) is 2. The molecule has 0 bridgehead atoms. The smallest absolute Gasteiger partial charge is 0.264 e. The van der Waals surface area contributed by atoms with Gasteiger partial charge in [-0.15, -0.1) is 0 Å². The van der Waals surface area contributed by atoms with Crippen LogP contribution < -0.4 is 9.46 Å². The van der Waals surface area contributed by atoms with Gasteiger partial charge in [0.1, 0.15) is 11.5 Å². The minimum absolute atomic E-state index is 0.176. The minimum Gasteiger partial charge on any atom is -0.457 e. The summed E-state index contributed by atoms with van der Waals surface area (Å²) in [5.41, 5.74) is 2.40. The predicted molar refractivity (Wildman–Crippen MR) is 130 cm³/mol. The molecule has 1 unspecified atom stereocenters. The number of benzene rings is 2. The van der Waals surface area contributed by atoms with Crippen LogP contribution in [0.5, 0.6) is 11.5 Å². The molecule has 1 saturated heterocycles. The molecule has 0 aliphatic carbocycles. The highest BCUT2D eigenvalue weighted by molar-refractivity contribution is 7.89. The third-order valence-electron chi connectivity index (χ3n) is 5.52. The summed E-state index contributed by atoms with van der Waals surface area (Å²) in [6, 6.07) is 12.0. The van der Waals surface area contributed by atoms with Crippen molar-refractivity contribution in [3.63, 3.8) is 0 Å². The topological polar surface area (TPSA) is 99.5 Å². The van der Waals surface area contributed by atoms with Gasteiger partial charge in [0, 0.05) is 29.0 Å². The lowest BCUT2D eigenvalue weighted by Gasteiger charge is -2.25. The zero-order valence-electron chi connectivity index (χ0n) is 19.0. The van der Waals surface area contributed by atoms with Gasteiger partial charge in [-0.25, -0.2) is 17.8 Å². The third-order valence-corrected chi connectivity index (χ3v) is 6.45. The predicted octanol–water partition coefficient (Wildman–Crippen LogP) is 4.95. The van der Waals surface area contributed by atoms with Crippen molar-refractivity contribution in [1.82, 2.24) is 14.5 Å². The van der Waals surface area contributed by atoms with E-state index in [2.05, 4.69) is 5.10 Å². The fourth-order valence-electron chi connectivity index (χ4n) is 3.87. The monoisotopic (exact) mass is 503 g/mol. The SMILES string of the molecule is CCc1cc(Oc2ccc(C(=O)NS(C)(=O)=O)cc2-c2ccnn2C2CCCCO2)ccc1Cl. The number of rotatable bonds is 7. The standard InChI is InChI=1S/C24H26ClN3O5S/c1-3-16-14-18(8-9-20(16)25)33-22-10-7-17(24(29)27-34(2,30)31)15-19(22)21-11-12-26-28(21)23-6-4-5-13-32-23/h7-12,14-15,23H,3-6,13H2,1-2H3,(H,27,29). The molecule has 2 heterocycles. The molecule has 1 aromatic heterocycles. The molecule has 34 heavy (non-hydrogen) atoms. The molecule has 0 spiro atoms. The normalized spacial score (nSPS) is 16.3. The highest BCUT2D eigenvalue weighted by Crippen LogP contribution is 2.37.